The summed E-state index contributed by atoms with van der Waals surface area (Å²) in [6, 6.07) is 8.26. The van der Waals surface area contributed by atoms with E-state index >= 15 is 0 Å². The lowest BCUT2D eigenvalue weighted by Crippen LogP contribution is -2.58. The molecule has 2 bridgehead atoms. The van der Waals surface area contributed by atoms with Crippen molar-refractivity contribution in [2.24, 2.45) is 11.8 Å². The van der Waals surface area contributed by atoms with Gasteiger partial charge in [0.05, 0.1) is 25.8 Å². The van der Waals surface area contributed by atoms with Gasteiger partial charge in [-0.25, -0.2) is 0 Å². The first-order chi connectivity index (χ1) is 14.1. The zero-order chi connectivity index (χ0) is 20.4. The number of nitrogens with zero attached hydrogens (tertiary/aromatic N) is 5. The number of hydrogen-bond acceptors (Lipinski definition) is 5. The molecule has 1 unspecified atom stereocenters. The van der Waals surface area contributed by atoms with Crippen LogP contribution in [0.1, 0.15) is 12.8 Å². The monoisotopic (exact) mass is 395 g/mol. The van der Waals surface area contributed by atoms with E-state index in [0.717, 1.165) is 49.5 Å². The lowest BCUT2D eigenvalue weighted by Gasteiger charge is -2.49. The van der Waals surface area contributed by atoms with Gasteiger partial charge in [0.15, 0.2) is 0 Å². The van der Waals surface area contributed by atoms with Crippen molar-refractivity contribution < 1.29 is 9.53 Å². The van der Waals surface area contributed by atoms with Crippen molar-refractivity contribution in [1.82, 2.24) is 24.8 Å². The van der Waals surface area contributed by atoms with Crippen molar-refractivity contribution in [2.45, 2.75) is 25.4 Å². The highest BCUT2D eigenvalue weighted by atomic mass is 16.5. The third-order valence-corrected chi connectivity index (χ3v) is 6.30. The Morgan fingerprint density at radius 2 is 2.17 bits per heavy atom. The number of likely N-dealkylation sites (N-methyl/N-ethyl adjacent to an activating group) is 1. The van der Waals surface area contributed by atoms with Crippen LogP contribution in [-0.4, -0.2) is 70.5 Å². The number of rotatable bonds is 7. The van der Waals surface area contributed by atoms with Crippen LogP contribution in [0.25, 0.3) is 11.3 Å². The van der Waals surface area contributed by atoms with Crippen molar-refractivity contribution in [3.8, 4) is 17.0 Å². The van der Waals surface area contributed by atoms with Crippen LogP contribution in [0.4, 0.5) is 0 Å². The molecule has 1 aromatic carbocycles. The largest absolute Gasteiger partial charge is 0.497 e. The Labute approximate surface area is 171 Å². The maximum Gasteiger partial charge on any atom is 0.227 e. The summed E-state index contributed by atoms with van der Waals surface area (Å²) in [5, 5.41) is 8.68. The average molecular weight is 396 g/mol. The Balaban J connectivity index is 1.40. The minimum absolute atomic E-state index is 0.107. The first-order valence-corrected chi connectivity index (χ1v) is 10.2. The highest BCUT2D eigenvalue weighted by Gasteiger charge is 2.44. The molecular weight excluding hydrogens is 366 g/mol. The first-order valence-electron chi connectivity index (χ1n) is 10.2. The van der Waals surface area contributed by atoms with E-state index in [9.17, 15) is 4.79 Å². The number of hydrogen-bond donors (Lipinski definition) is 0. The average Bonchev–Trinajstić information content (AvgIpc) is 3.22. The van der Waals surface area contributed by atoms with E-state index in [1.807, 2.05) is 42.2 Å². The number of benzene rings is 1. The molecule has 7 heteroatoms. The molecule has 4 heterocycles. The van der Waals surface area contributed by atoms with Gasteiger partial charge < -0.3 is 9.64 Å². The summed E-state index contributed by atoms with van der Waals surface area (Å²) in [7, 11) is 3.53. The lowest BCUT2D eigenvalue weighted by atomic mass is 9.75. The van der Waals surface area contributed by atoms with E-state index in [1.54, 1.807) is 18.1 Å². The van der Waals surface area contributed by atoms with Crippen molar-refractivity contribution in [2.75, 3.05) is 33.8 Å². The van der Waals surface area contributed by atoms with Gasteiger partial charge >= 0.3 is 0 Å². The normalized spacial score (nSPS) is 25.6. The maximum absolute atomic E-state index is 12.8. The summed E-state index contributed by atoms with van der Waals surface area (Å²) in [6.07, 6.45) is 5.93. The van der Waals surface area contributed by atoms with Crippen LogP contribution in [0, 0.1) is 11.8 Å². The molecule has 3 aliphatic rings. The fourth-order valence-electron chi connectivity index (χ4n) is 4.67. The molecule has 3 fully saturated rings. The van der Waals surface area contributed by atoms with Gasteiger partial charge in [0.1, 0.15) is 11.4 Å². The molecule has 3 aliphatic heterocycles. The number of piperidine rings is 3. The summed E-state index contributed by atoms with van der Waals surface area (Å²) in [5.41, 5.74) is 1.89. The number of carbonyl (C=O) groups is 1. The molecule has 3 saturated heterocycles. The summed E-state index contributed by atoms with van der Waals surface area (Å²) in [5.74, 6) is 1.64. The van der Waals surface area contributed by atoms with Crippen molar-refractivity contribution in [3.05, 3.63) is 43.1 Å². The predicted octanol–water partition coefficient (Wildman–Crippen LogP) is 2.31. The van der Waals surface area contributed by atoms with Crippen molar-refractivity contribution in [1.29, 1.82) is 0 Å². The number of fused-ring (bicyclic) bond motifs is 3. The highest BCUT2D eigenvalue weighted by Crippen LogP contribution is 2.37. The second-order valence-electron chi connectivity index (χ2n) is 8.10. The van der Waals surface area contributed by atoms with Crippen LogP contribution < -0.4 is 4.74 Å². The molecule has 154 valence electrons. The molecule has 29 heavy (non-hydrogen) atoms. The Hall–Kier alpha value is -2.67. The minimum Gasteiger partial charge on any atom is -0.497 e. The molecule has 0 spiro atoms. The number of carbonyl (C=O) groups excluding carboxylic acids is 1. The Kier molecular flexibility index (Phi) is 5.67. The lowest BCUT2D eigenvalue weighted by molar-refractivity contribution is -0.142. The van der Waals surface area contributed by atoms with Gasteiger partial charge in [-0.05, 0) is 49.6 Å². The smallest absolute Gasteiger partial charge is 0.227 e. The van der Waals surface area contributed by atoms with Crippen LogP contribution in [0.15, 0.2) is 43.1 Å². The zero-order valence-corrected chi connectivity index (χ0v) is 17.2. The highest BCUT2D eigenvalue weighted by molar-refractivity contribution is 5.79. The summed E-state index contributed by atoms with van der Waals surface area (Å²) < 4.78 is 7.15. The standard InChI is InChI=1S/C22H29N5O2/c1-4-10-25(2)22(28)20-14-26-11-9-17(20)12-18(26)13-27-15-21(23-24-27)16-5-7-19(29-3)8-6-16/h4-8,15,17-18,20H,1,9-14H2,2-3H3/t17-,18+,20-/m0/s1. The molecule has 0 radical (unpaired) electrons. The Morgan fingerprint density at radius 1 is 1.38 bits per heavy atom. The third-order valence-electron chi connectivity index (χ3n) is 6.30. The van der Waals surface area contributed by atoms with Gasteiger partial charge in [-0.3, -0.25) is 14.4 Å². The molecule has 7 nitrogen and oxygen atoms in total. The van der Waals surface area contributed by atoms with Gasteiger partial charge in [-0.15, -0.1) is 11.7 Å². The molecule has 4 atom stereocenters. The fourth-order valence-corrected chi connectivity index (χ4v) is 4.67. The number of amides is 1. The second kappa shape index (κ2) is 8.37. The summed E-state index contributed by atoms with van der Waals surface area (Å²) >= 11 is 0. The van der Waals surface area contributed by atoms with Gasteiger partial charge in [0, 0.05) is 31.7 Å². The van der Waals surface area contributed by atoms with E-state index in [1.165, 1.54) is 0 Å². The molecular formula is C22H29N5O2. The summed E-state index contributed by atoms with van der Waals surface area (Å²) in [6.45, 7) is 7.06. The van der Waals surface area contributed by atoms with Crippen molar-refractivity contribution >= 4 is 5.91 Å². The van der Waals surface area contributed by atoms with Crippen LogP contribution in [0.5, 0.6) is 5.75 Å². The SMILES string of the molecule is C=CCN(C)C(=O)[C@H]1CN2CC[C@H]1C[C@@H]2Cn1cc(-c2ccc(OC)cc2)nn1. The van der Waals surface area contributed by atoms with E-state index in [4.69, 9.17) is 4.74 Å². The van der Waals surface area contributed by atoms with E-state index in [0.29, 0.717) is 18.5 Å². The number of aromatic nitrogens is 3. The molecule has 1 amide bonds. The molecule has 5 rings (SSSR count). The van der Waals surface area contributed by atoms with Crippen molar-refractivity contribution in [3.63, 3.8) is 0 Å². The van der Waals surface area contributed by atoms with Gasteiger partial charge in [-0.1, -0.05) is 11.3 Å². The third kappa shape index (κ3) is 4.05. The van der Waals surface area contributed by atoms with E-state index in [2.05, 4.69) is 21.8 Å². The molecule has 0 aliphatic carbocycles. The van der Waals surface area contributed by atoms with Crippen LogP contribution in [0.2, 0.25) is 0 Å². The Bertz CT molecular complexity index is 862. The van der Waals surface area contributed by atoms with Crippen LogP contribution >= 0.6 is 0 Å². The molecule has 1 aromatic heterocycles. The molecule has 0 N–H and O–H groups in total. The summed E-state index contributed by atoms with van der Waals surface area (Å²) in [4.78, 5) is 17.0. The maximum atomic E-state index is 12.8. The van der Waals surface area contributed by atoms with E-state index in [-0.39, 0.29) is 11.8 Å². The molecule has 2 aromatic rings. The predicted molar refractivity (Wildman–Crippen MR) is 111 cm³/mol. The second-order valence-corrected chi connectivity index (χ2v) is 8.10. The number of methoxy groups -OCH3 is 1. The van der Waals surface area contributed by atoms with Crippen LogP contribution in [0.3, 0.4) is 0 Å². The van der Waals surface area contributed by atoms with Gasteiger partial charge in [-0.2, -0.15) is 0 Å². The quantitative estimate of drug-likeness (QED) is 0.673. The van der Waals surface area contributed by atoms with Crippen LogP contribution in [-0.2, 0) is 11.3 Å². The zero-order valence-electron chi connectivity index (χ0n) is 17.2. The first kappa shape index (κ1) is 19.6. The minimum atomic E-state index is 0.107. The number of ether oxygens (including phenoxy) is 1. The van der Waals surface area contributed by atoms with E-state index < -0.39 is 0 Å². The molecule has 0 saturated carbocycles. The van der Waals surface area contributed by atoms with Gasteiger partial charge in [0.25, 0.3) is 0 Å². The fraction of sp³-hybridized carbons (Fsp3) is 0.500. The Morgan fingerprint density at radius 3 is 2.83 bits per heavy atom. The topological polar surface area (TPSA) is 63.5 Å². The van der Waals surface area contributed by atoms with Gasteiger partial charge in [0.2, 0.25) is 5.91 Å².